The van der Waals surface area contributed by atoms with Gasteiger partial charge in [-0.15, -0.1) is 5.10 Å². The van der Waals surface area contributed by atoms with E-state index in [4.69, 9.17) is 28.2 Å². The summed E-state index contributed by atoms with van der Waals surface area (Å²) in [7, 11) is 0. The highest BCUT2D eigenvalue weighted by atomic mass is 35.5. The van der Waals surface area contributed by atoms with Crippen molar-refractivity contribution in [1.82, 2.24) is 29.9 Å². The first-order valence-electron chi connectivity index (χ1n) is 11.0. The van der Waals surface area contributed by atoms with Crippen LogP contribution in [0.1, 0.15) is 62.8 Å². The third-order valence-corrected chi connectivity index (χ3v) is 6.54. The standard InChI is InChI=1S/C22H26Cl2N6O2/c1-2-3-4-5-18(31)29-10-8-14(9-11-29)20-25-21-19(22(32)26-20)27-28-30(21)13-15-6-7-16(23)12-17(15)24/h6-7,12,14H,2-5,8-11,13H2,1H3,(H,25,26,32). The summed E-state index contributed by atoms with van der Waals surface area (Å²) >= 11 is 12.3. The Morgan fingerprint density at radius 1 is 1.22 bits per heavy atom. The summed E-state index contributed by atoms with van der Waals surface area (Å²) < 4.78 is 1.58. The zero-order valence-corrected chi connectivity index (χ0v) is 19.5. The number of nitrogens with one attached hydrogen (secondary N) is 1. The summed E-state index contributed by atoms with van der Waals surface area (Å²) in [5.41, 5.74) is 1.12. The summed E-state index contributed by atoms with van der Waals surface area (Å²) in [5.74, 6) is 0.913. The predicted octanol–water partition coefficient (Wildman–Crippen LogP) is 4.16. The first-order chi connectivity index (χ1) is 15.5. The fraction of sp³-hybridized carbons (Fsp3) is 0.500. The van der Waals surface area contributed by atoms with Crippen molar-refractivity contribution in [2.75, 3.05) is 13.1 Å². The lowest BCUT2D eigenvalue weighted by atomic mass is 9.95. The molecule has 32 heavy (non-hydrogen) atoms. The molecule has 2 aromatic heterocycles. The molecule has 0 aliphatic carbocycles. The van der Waals surface area contributed by atoms with Crippen molar-refractivity contribution < 1.29 is 4.79 Å². The first-order valence-corrected chi connectivity index (χ1v) is 11.8. The van der Waals surface area contributed by atoms with Gasteiger partial charge in [-0.05, 0) is 37.0 Å². The number of hydrogen-bond donors (Lipinski definition) is 1. The van der Waals surface area contributed by atoms with E-state index in [2.05, 4.69) is 22.2 Å². The van der Waals surface area contributed by atoms with Crippen LogP contribution < -0.4 is 5.56 Å². The highest BCUT2D eigenvalue weighted by molar-refractivity contribution is 6.35. The van der Waals surface area contributed by atoms with Gasteiger partial charge < -0.3 is 9.88 Å². The number of unbranched alkanes of at least 4 members (excludes halogenated alkanes) is 2. The topological polar surface area (TPSA) is 96.8 Å². The molecule has 10 heteroatoms. The van der Waals surface area contributed by atoms with Crippen LogP contribution in [0.5, 0.6) is 0 Å². The van der Waals surface area contributed by atoms with Gasteiger partial charge in [-0.2, -0.15) is 0 Å². The van der Waals surface area contributed by atoms with Crippen molar-refractivity contribution in [3.63, 3.8) is 0 Å². The maximum Gasteiger partial charge on any atom is 0.281 e. The van der Waals surface area contributed by atoms with E-state index in [1.165, 1.54) is 0 Å². The molecule has 1 aliphatic heterocycles. The van der Waals surface area contributed by atoms with E-state index in [9.17, 15) is 9.59 Å². The quantitative estimate of drug-likeness (QED) is 0.516. The Hall–Kier alpha value is -2.45. The van der Waals surface area contributed by atoms with E-state index in [1.807, 2.05) is 11.0 Å². The van der Waals surface area contributed by atoms with Gasteiger partial charge in [0.2, 0.25) is 5.91 Å². The van der Waals surface area contributed by atoms with Gasteiger partial charge in [0.1, 0.15) is 5.82 Å². The van der Waals surface area contributed by atoms with Crippen molar-refractivity contribution in [2.45, 2.75) is 57.9 Å². The second-order valence-corrected chi connectivity index (χ2v) is 9.06. The SMILES string of the molecule is CCCCCC(=O)N1CCC(c2nc3c(nnn3Cc3ccc(Cl)cc3Cl)c(=O)[nH]2)CC1. The summed E-state index contributed by atoms with van der Waals surface area (Å²) in [4.78, 5) is 34.5. The number of hydrogen-bond acceptors (Lipinski definition) is 5. The summed E-state index contributed by atoms with van der Waals surface area (Å²) in [6.45, 7) is 3.81. The molecule has 0 atom stereocenters. The normalized spacial score (nSPS) is 14.9. The molecule has 170 valence electrons. The number of H-pyrrole nitrogens is 1. The lowest BCUT2D eigenvalue weighted by Gasteiger charge is -2.31. The van der Waals surface area contributed by atoms with E-state index in [-0.39, 0.29) is 22.9 Å². The third kappa shape index (κ3) is 4.96. The Morgan fingerprint density at radius 3 is 2.72 bits per heavy atom. The molecule has 0 radical (unpaired) electrons. The number of fused-ring (bicyclic) bond motifs is 1. The van der Waals surface area contributed by atoms with Gasteiger partial charge in [-0.1, -0.05) is 54.2 Å². The number of amides is 1. The van der Waals surface area contributed by atoms with Gasteiger partial charge in [0, 0.05) is 35.5 Å². The molecule has 1 amide bonds. The Kier molecular flexibility index (Phi) is 7.10. The molecule has 3 aromatic rings. The fourth-order valence-corrected chi connectivity index (χ4v) is 4.55. The van der Waals surface area contributed by atoms with Crippen LogP contribution in [0.3, 0.4) is 0 Å². The Balaban J connectivity index is 1.50. The van der Waals surface area contributed by atoms with Crippen molar-refractivity contribution in [2.24, 2.45) is 0 Å². The lowest BCUT2D eigenvalue weighted by molar-refractivity contribution is -0.132. The largest absolute Gasteiger partial charge is 0.343 e. The van der Waals surface area contributed by atoms with Gasteiger partial charge in [0.25, 0.3) is 5.56 Å². The van der Waals surface area contributed by atoms with Crippen molar-refractivity contribution in [1.29, 1.82) is 0 Å². The molecule has 4 rings (SSSR count). The van der Waals surface area contributed by atoms with Gasteiger partial charge in [0.05, 0.1) is 6.54 Å². The van der Waals surface area contributed by atoms with Crippen LogP contribution in [-0.4, -0.2) is 48.9 Å². The van der Waals surface area contributed by atoms with Crippen LogP contribution in [0.4, 0.5) is 0 Å². The van der Waals surface area contributed by atoms with Crippen LogP contribution in [0.2, 0.25) is 10.0 Å². The molecule has 0 spiro atoms. The van der Waals surface area contributed by atoms with Crippen LogP contribution in [-0.2, 0) is 11.3 Å². The Morgan fingerprint density at radius 2 is 2.00 bits per heavy atom. The molecule has 1 N–H and O–H groups in total. The molecule has 1 aliphatic rings. The number of benzene rings is 1. The van der Waals surface area contributed by atoms with Crippen LogP contribution in [0, 0.1) is 0 Å². The molecule has 0 unspecified atom stereocenters. The minimum absolute atomic E-state index is 0.0780. The zero-order valence-electron chi connectivity index (χ0n) is 18.0. The first kappa shape index (κ1) is 22.7. The summed E-state index contributed by atoms with van der Waals surface area (Å²) in [6.07, 6.45) is 5.26. The average Bonchev–Trinajstić information content (AvgIpc) is 3.19. The second-order valence-electron chi connectivity index (χ2n) is 8.22. The van der Waals surface area contributed by atoms with Crippen LogP contribution in [0.25, 0.3) is 11.2 Å². The van der Waals surface area contributed by atoms with Crippen molar-refractivity contribution in [3.8, 4) is 0 Å². The van der Waals surface area contributed by atoms with E-state index in [0.29, 0.717) is 47.6 Å². The molecule has 0 saturated carbocycles. The summed E-state index contributed by atoms with van der Waals surface area (Å²) in [5, 5.41) is 9.18. The molecule has 1 fully saturated rings. The van der Waals surface area contributed by atoms with Crippen LogP contribution >= 0.6 is 23.2 Å². The highest BCUT2D eigenvalue weighted by Crippen LogP contribution is 2.27. The third-order valence-electron chi connectivity index (χ3n) is 5.96. The van der Waals surface area contributed by atoms with E-state index in [0.717, 1.165) is 37.7 Å². The molecule has 0 bridgehead atoms. The minimum Gasteiger partial charge on any atom is -0.343 e. The summed E-state index contributed by atoms with van der Waals surface area (Å²) in [6, 6.07) is 5.24. The Labute approximate surface area is 195 Å². The maximum atomic E-state index is 12.6. The zero-order chi connectivity index (χ0) is 22.7. The average molecular weight is 477 g/mol. The smallest absolute Gasteiger partial charge is 0.281 e. The molecule has 1 saturated heterocycles. The monoisotopic (exact) mass is 476 g/mol. The number of piperidine rings is 1. The minimum atomic E-state index is -0.309. The van der Waals surface area contributed by atoms with Gasteiger partial charge in [0.15, 0.2) is 11.2 Å². The van der Waals surface area contributed by atoms with E-state index in [1.54, 1.807) is 16.8 Å². The van der Waals surface area contributed by atoms with Gasteiger partial charge >= 0.3 is 0 Å². The molecule has 1 aromatic carbocycles. The number of aromatic amines is 1. The molecular formula is C22H26Cl2N6O2. The van der Waals surface area contributed by atoms with E-state index >= 15 is 0 Å². The second kappa shape index (κ2) is 10.0. The fourth-order valence-electron chi connectivity index (χ4n) is 4.08. The highest BCUT2D eigenvalue weighted by Gasteiger charge is 2.26. The number of halogens is 2. The lowest BCUT2D eigenvalue weighted by Crippen LogP contribution is -2.38. The molecule has 8 nitrogen and oxygen atoms in total. The number of nitrogens with zero attached hydrogens (tertiary/aromatic N) is 5. The predicted molar refractivity (Wildman–Crippen MR) is 124 cm³/mol. The van der Waals surface area contributed by atoms with E-state index < -0.39 is 0 Å². The van der Waals surface area contributed by atoms with Crippen LogP contribution in [0.15, 0.2) is 23.0 Å². The number of aromatic nitrogens is 5. The maximum absolute atomic E-state index is 12.6. The molecular weight excluding hydrogens is 451 g/mol. The van der Waals surface area contributed by atoms with Crippen molar-refractivity contribution in [3.05, 3.63) is 50.0 Å². The number of carbonyl (C=O) groups excluding carboxylic acids is 1. The number of rotatable bonds is 7. The number of likely N-dealkylation sites (tertiary alicyclic amines) is 1. The number of carbonyl (C=O) groups is 1. The van der Waals surface area contributed by atoms with Gasteiger partial charge in [-0.3, -0.25) is 9.59 Å². The Bertz CT molecular complexity index is 1170. The van der Waals surface area contributed by atoms with Gasteiger partial charge in [-0.25, -0.2) is 9.67 Å². The van der Waals surface area contributed by atoms with Crippen molar-refractivity contribution >= 4 is 40.3 Å². The molecule has 3 heterocycles.